The molecule has 23 heavy (non-hydrogen) atoms. The van der Waals surface area contributed by atoms with Crippen LogP contribution in [0.2, 0.25) is 0 Å². The summed E-state index contributed by atoms with van der Waals surface area (Å²) in [4.78, 5) is 35.9. The molecule has 126 valence electrons. The van der Waals surface area contributed by atoms with Gasteiger partial charge >= 0.3 is 17.9 Å². The zero-order valence-electron chi connectivity index (χ0n) is 13.0. The molecule has 1 aliphatic heterocycles. The number of ether oxygens (including phenoxy) is 3. The van der Waals surface area contributed by atoms with Crippen molar-refractivity contribution < 1.29 is 28.6 Å². The summed E-state index contributed by atoms with van der Waals surface area (Å²) in [5, 5.41) is 7.43. The third-order valence-corrected chi connectivity index (χ3v) is 5.60. The molecule has 7 nitrogen and oxygen atoms in total. The Morgan fingerprint density at radius 2 is 1.39 bits per heavy atom. The highest BCUT2D eigenvalue weighted by Gasteiger charge is 2.45. The summed E-state index contributed by atoms with van der Waals surface area (Å²) in [7, 11) is 0. The topological polar surface area (TPSA) is 103 Å². The van der Waals surface area contributed by atoms with E-state index in [9.17, 15) is 19.6 Å². The number of hydrogen-bond acceptors (Lipinski definition) is 9. The van der Waals surface area contributed by atoms with Gasteiger partial charge in [-0.1, -0.05) is 0 Å². The van der Waals surface area contributed by atoms with Gasteiger partial charge in [0.1, 0.15) is 16.6 Å². The van der Waals surface area contributed by atoms with Gasteiger partial charge in [0.2, 0.25) is 0 Å². The smallest absolute Gasteiger partial charge is 0.350 e. The number of nitriles is 1. The van der Waals surface area contributed by atoms with Crippen LogP contribution in [0.3, 0.4) is 0 Å². The van der Waals surface area contributed by atoms with Gasteiger partial charge in [-0.25, -0.2) is 4.79 Å². The molecule has 0 bridgehead atoms. The Kier molecular flexibility index (Phi) is 7.98. The summed E-state index contributed by atoms with van der Waals surface area (Å²) in [6.45, 7) is 5.38. The third kappa shape index (κ3) is 4.91. The SMILES string of the molecule is CCOC(=O)C(C#N)=C1SC(C(=O)OCC)C(C(=O)OCC)S1. The van der Waals surface area contributed by atoms with Crippen molar-refractivity contribution in [3.63, 3.8) is 0 Å². The maximum atomic E-state index is 12.0. The normalized spacial score (nSPS) is 19.7. The first-order valence-electron chi connectivity index (χ1n) is 6.98. The quantitative estimate of drug-likeness (QED) is 0.303. The first-order valence-corrected chi connectivity index (χ1v) is 8.74. The van der Waals surface area contributed by atoms with Crippen molar-refractivity contribution >= 4 is 41.4 Å². The zero-order chi connectivity index (χ0) is 17.4. The summed E-state index contributed by atoms with van der Waals surface area (Å²) in [5.74, 6) is -1.95. The number of hydrogen-bond donors (Lipinski definition) is 0. The lowest BCUT2D eigenvalue weighted by Crippen LogP contribution is -2.34. The summed E-state index contributed by atoms with van der Waals surface area (Å²) in [6.07, 6.45) is 0. The Morgan fingerprint density at radius 3 is 1.74 bits per heavy atom. The molecular weight excluding hydrogens is 342 g/mol. The molecular formula is C14H17NO6S2. The van der Waals surface area contributed by atoms with E-state index in [1.807, 2.05) is 0 Å². The van der Waals surface area contributed by atoms with Crippen molar-refractivity contribution in [2.45, 2.75) is 31.3 Å². The highest BCUT2D eigenvalue weighted by molar-refractivity contribution is 8.26. The third-order valence-electron chi connectivity index (χ3n) is 2.58. The average Bonchev–Trinajstić information content (AvgIpc) is 2.94. The first-order chi connectivity index (χ1) is 11.0. The van der Waals surface area contributed by atoms with Crippen molar-refractivity contribution in [2.24, 2.45) is 0 Å². The second-order valence-corrected chi connectivity index (χ2v) is 6.64. The lowest BCUT2D eigenvalue weighted by atomic mass is 10.3. The molecule has 0 aromatic heterocycles. The van der Waals surface area contributed by atoms with Gasteiger partial charge in [0.25, 0.3) is 0 Å². The molecule has 9 heteroatoms. The Hall–Kier alpha value is -1.66. The minimum Gasteiger partial charge on any atom is -0.465 e. The van der Waals surface area contributed by atoms with Crippen LogP contribution in [-0.4, -0.2) is 48.2 Å². The fraction of sp³-hybridized carbons (Fsp3) is 0.571. The van der Waals surface area contributed by atoms with Crippen molar-refractivity contribution in [1.82, 2.24) is 0 Å². The monoisotopic (exact) mass is 359 g/mol. The molecule has 0 aromatic carbocycles. The number of carbonyl (C=O) groups excluding carboxylic acids is 3. The van der Waals surface area contributed by atoms with Crippen molar-refractivity contribution in [3.05, 3.63) is 9.81 Å². The molecule has 2 unspecified atom stereocenters. The minimum absolute atomic E-state index is 0.120. The van der Waals surface area contributed by atoms with Gasteiger partial charge in [-0.2, -0.15) is 5.26 Å². The second kappa shape index (κ2) is 9.47. The Labute approximate surface area is 142 Å². The van der Waals surface area contributed by atoms with E-state index in [4.69, 9.17) is 14.2 Å². The number of thioether (sulfide) groups is 2. The highest BCUT2D eigenvalue weighted by atomic mass is 32.2. The molecule has 0 amide bonds. The fourth-order valence-electron chi connectivity index (χ4n) is 1.67. The van der Waals surface area contributed by atoms with E-state index >= 15 is 0 Å². The molecule has 0 saturated carbocycles. The Bertz CT molecular complexity index is 526. The average molecular weight is 359 g/mol. The zero-order valence-corrected chi connectivity index (χ0v) is 14.6. The van der Waals surface area contributed by atoms with Crippen LogP contribution in [0.15, 0.2) is 9.81 Å². The summed E-state index contributed by atoms with van der Waals surface area (Å²) < 4.78 is 15.0. The summed E-state index contributed by atoms with van der Waals surface area (Å²) in [6, 6.07) is 1.77. The van der Waals surface area contributed by atoms with Gasteiger partial charge in [-0.15, -0.1) is 23.5 Å². The molecule has 0 spiro atoms. The first kappa shape index (κ1) is 19.4. The van der Waals surface area contributed by atoms with Crippen LogP contribution in [0.25, 0.3) is 0 Å². The number of carbonyl (C=O) groups is 3. The van der Waals surface area contributed by atoms with E-state index in [0.717, 1.165) is 23.5 Å². The lowest BCUT2D eigenvalue weighted by molar-refractivity contribution is -0.148. The highest BCUT2D eigenvalue weighted by Crippen LogP contribution is 2.49. The standard InChI is InChI=1S/C14H17NO6S2/c1-4-19-11(16)8(7-15)14-22-9(12(17)20-5-2)10(23-14)13(18)21-6-3/h9-10H,4-6H2,1-3H3. The van der Waals surface area contributed by atoms with E-state index in [0.29, 0.717) is 0 Å². The van der Waals surface area contributed by atoms with Crippen molar-refractivity contribution in [1.29, 1.82) is 5.26 Å². The second-order valence-electron chi connectivity index (χ2n) is 4.08. The summed E-state index contributed by atoms with van der Waals surface area (Å²) in [5.41, 5.74) is -0.219. The number of esters is 3. The molecule has 0 aliphatic carbocycles. The van der Waals surface area contributed by atoms with Gasteiger partial charge < -0.3 is 14.2 Å². The predicted octanol–water partition coefficient (Wildman–Crippen LogP) is 1.63. The maximum Gasteiger partial charge on any atom is 0.350 e. The van der Waals surface area contributed by atoms with Crippen molar-refractivity contribution in [2.75, 3.05) is 19.8 Å². The van der Waals surface area contributed by atoms with Crippen LogP contribution in [0.1, 0.15) is 20.8 Å². The molecule has 1 saturated heterocycles. The van der Waals surface area contributed by atoms with Crippen molar-refractivity contribution in [3.8, 4) is 6.07 Å². The molecule has 1 fully saturated rings. The van der Waals surface area contributed by atoms with Crippen LogP contribution >= 0.6 is 23.5 Å². The number of rotatable bonds is 6. The van der Waals surface area contributed by atoms with E-state index in [-0.39, 0.29) is 29.6 Å². The van der Waals surface area contributed by atoms with Crippen LogP contribution < -0.4 is 0 Å². The molecule has 1 heterocycles. The molecule has 1 aliphatic rings. The predicted molar refractivity (Wildman–Crippen MR) is 85.3 cm³/mol. The van der Waals surface area contributed by atoms with Crippen LogP contribution in [-0.2, 0) is 28.6 Å². The van der Waals surface area contributed by atoms with Crippen LogP contribution in [0.5, 0.6) is 0 Å². The van der Waals surface area contributed by atoms with E-state index < -0.39 is 28.4 Å². The fourth-order valence-corrected chi connectivity index (χ4v) is 4.60. The lowest BCUT2D eigenvalue weighted by Gasteiger charge is -2.14. The Balaban J connectivity index is 3.11. The van der Waals surface area contributed by atoms with E-state index in [1.54, 1.807) is 26.8 Å². The van der Waals surface area contributed by atoms with Gasteiger partial charge in [0, 0.05) is 0 Å². The maximum absolute atomic E-state index is 12.0. The molecule has 0 N–H and O–H groups in total. The van der Waals surface area contributed by atoms with E-state index in [2.05, 4.69) is 0 Å². The van der Waals surface area contributed by atoms with Gasteiger partial charge in [-0.3, -0.25) is 9.59 Å². The molecule has 0 aromatic rings. The summed E-state index contributed by atoms with van der Waals surface area (Å²) >= 11 is 1.90. The molecule has 0 radical (unpaired) electrons. The number of nitrogens with zero attached hydrogens (tertiary/aromatic N) is 1. The van der Waals surface area contributed by atoms with Gasteiger partial charge in [0.15, 0.2) is 5.57 Å². The van der Waals surface area contributed by atoms with Gasteiger partial charge in [0.05, 0.1) is 24.1 Å². The molecule has 1 rings (SSSR count). The van der Waals surface area contributed by atoms with Crippen LogP contribution in [0.4, 0.5) is 0 Å². The molecule has 2 atom stereocenters. The Morgan fingerprint density at radius 1 is 0.957 bits per heavy atom. The minimum atomic E-state index is -0.869. The van der Waals surface area contributed by atoms with E-state index in [1.165, 1.54) is 0 Å². The largest absolute Gasteiger partial charge is 0.465 e. The van der Waals surface area contributed by atoms with Gasteiger partial charge in [-0.05, 0) is 20.8 Å². The van der Waals surface area contributed by atoms with Crippen LogP contribution in [0, 0.1) is 11.3 Å².